The maximum absolute atomic E-state index is 12.0. The lowest BCUT2D eigenvalue weighted by molar-refractivity contribution is -0.385. The molecule has 1 unspecified atom stereocenters. The van der Waals surface area contributed by atoms with Crippen molar-refractivity contribution < 1.29 is 14.8 Å². The van der Waals surface area contributed by atoms with E-state index in [2.05, 4.69) is 10.3 Å². The second kappa shape index (κ2) is 5.94. The van der Waals surface area contributed by atoms with Crippen molar-refractivity contribution in [2.24, 2.45) is 0 Å². The van der Waals surface area contributed by atoms with E-state index in [0.717, 1.165) is 0 Å². The van der Waals surface area contributed by atoms with E-state index in [1.807, 2.05) is 0 Å². The minimum Gasteiger partial charge on any atom is -0.394 e. The van der Waals surface area contributed by atoms with Gasteiger partial charge in [-0.15, -0.1) is 0 Å². The Morgan fingerprint density at radius 1 is 1.68 bits per heavy atom. The molecule has 1 atom stereocenters. The summed E-state index contributed by atoms with van der Waals surface area (Å²) in [5.74, 6) is -0.672. The Bertz CT molecular complexity index is 503. The molecule has 0 aliphatic heterocycles. The van der Waals surface area contributed by atoms with Gasteiger partial charge in [-0.1, -0.05) is 18.5 Å². The number of aliphatic hydroxyl groups is 1. The number of carbonyl (C=O) groups is 1. The minimum atomic E-state index is -0.847. The molecule has 0 radical (unpaired) electrons. The Morgan fingerprint density at radius 3 is 2.79 bits per heavy atom. The summed E-state index contributed by atoms with van der Waals surface area (Å²) in [6.45, 7) is 3.14. The third-order valence-electron chi connectivity index (χ3n) is 2.85. The predicted octanol–water partition coefficient (Wildman–Crippen LogP) is 1.53. The number of halogens is 1. The Kier molecular flexibility index (Phi) is 4.79. The quantitative estimate of drug-likeness (QED) is 0.485. The van der Waals surface area contributed by atoms with Gasteiger partial charge in [0.1, 0.15) is 5.56 Å². The van der Waals surface area contributed by atoms with Crippen molar-refractivity contribution in [3.05, 3.63) is 33.1 Å². The van der Waals surface area contributed by atoms with Crippen LogP contribution in [-0.2, 0) is 0 Å². The third-order valence-corrected chi connectivity index (χ3v) is 3.13. The lowest BCUT2D eigenvalue weighted by Crippen LogP contribution is -2.48. The van der Waals surface area contributed by atoms with Crippen molar-refractivity contribution in [3.8, 4) is 0 Å². The first-order chi connectivity index (χ1) is 8.84. The van der Waals surface area contributed by atoms with Crippen LogP contribution in [0.25, 0.3) is 0 Å². The van der Waals surface area contributed by atoms with Crippen molar-refractivity contribution in [1.29, 1.82) is 0 Å². The van der Waals surface area contributed by atoms with E-state index in [-0.39, 0.29) is 17.3 Å². The maximum atomic E-state index is 12.0. The largest absolute Gasteiger partial charge is 0.394 e. The van der Waals surface area contributed by atoms with Gasteiger partial charge >= 0.3 is 5.69 Å². The number of amides is 1. The number of hydrogen-bond donors (Lipinski definition) is 2. The van der Waals surface area contributed by atoms with Crippen LogP contribution in [0, 0.1) is 10.1 Å². The van der Waals surface area contributed by atoms with Crippen LogP contribution >= 0.6 is 11.6 Å². The van der Waals surface area contributed by atoms with E-state index in [0.29, 0.717) is 6.42 Å². The zero-order valence-corrected chi connectivity index (χ0v) is 11.3. The zero-order chi connectivity index (χ0) is 14.6. The highest BCUT2D eigenvalue weighted by Gasteiger charge is 2.29. The van der Waals surface area contributed by atoms with Crippen LogP contribution in [0.4, 0.5) is 5.69 Å². The van der Waals surface area contributed by atoms with Crippen molar-refractivity contribution in [3.63, 3.8) is 0 Å². The second-order valence-corrected chi connectivity index (χ2v) is 4.64. The molecule has 1 heterocycles. The molecular weight excluding hydrogens is 274 g/mol. The van der Waals surface area contributed by atoms with Crippen molar-refractivity contribution in [2.45, 2.75) is 25.8 Å². The molecule has 0 saturated heterocycles. The normalized spacial score (nSPS) is 13.7. The lowest BCUT2D eigenvalue weighted by Gasteiger charge is -2.27. The Labute approximate surface area is 114 Å². The first kappa shape index (κ1) is 15.3. The van der Waals surface area contributed by atoms with Crippen LogP contribution in [-0.4, -0.2) is 33.1 Å². The summed E-state index contributed by atoms with van der Waals surface area (Å²) in [6.07, 6.45) is 1.69. The van der Waals surface area contributed by atoms with E-state index < -0.39 is 22.1 Å². The number of nitro groups is 1. The minimum absolute atomic E-state index is 0.182. The van der Waals surface area contributed by atoms with Gasteiger partial charge in [-0.3, -0.25) is 14.9 Å². The standard InChI is InChI=1S/C11H14ClN3O4/c1-3-11(2,6-16)14-10(17)7-4-5-13-9(12)8(7)15(18)19/h4-5,16H,3,6H2,1-2H3,(H,14,17). The van der Waals surface area contributed by atoms with Crippen LogP contribution in [0.5, 0.6) is 0 Å². The third kappa shape index (κ3) is 3.39. The van der Waals surface area contributed by atoms with Gasteiger partial charge in [0.05, 0.1) is 17.1 Å². The maximum Gasteiger partial charge on any atom is 0.319 e. The van der Waals surface area contributed by atoms with Crippen LogP contribution < -0.4 is 5.32 Å². The summed E-state index contributed by atoms with van der Waals surface area (Å²) in [4.78, 5) is 25.8. The van der Waals surface area contributed by atoms with Crippen LogP contribution in [0.1, 0.15) is 30.6 Å². The molecule has 0 bridgehead atoms. The Morgan fingerprint density at radius 2 is 2.32 bits per heavy atom. The number of carbonyl (C=O) groups excluding carboxylic acids is 1. The highest BCUT2D eigenvalue weighted by molar-refractivity contribution is 6.32. The molecule has 0 aliphatic carbocycles. The fraction of sp³-hybridized carbons (Fsp3) is 0.455. The van der Waals surface area contributed by atoms with Gasteiger partial charge in [-0.25, -0.2) is 4.98 Å². The summed E-state index contributed by atoms with van der Waals surface area (Å²) >= 11 is 5.63. The molecule has 19 heavy (non-hydrogen) atoms. The molecule has 1 amide bonds. The highest BCUT2D eigenvalue weighted by atomic mass is 35.5. The predicted molar refractivity (Wildman–Crippen MR) is 69.1 cm³/mol. The molecule has 1 aromatic rings. The number of aliphatic hydroxyl groups excluding tert-OH is 1. The molecular formula is C11H14ClN3O4. The molecule has 2 N–H and O–H groups in total. The molecule has 0 spiro atoms. The summed E-state index contributed by atoms with van der Waals surface area (Å²) in [7, 11) is 0. The Balaban J connectivity index is 3.14. The number of rotatable bonds is 5. The molecule has 0 aromatic carbocycles. The second-order valence-electron chi connectivity index (χ2n) is 4.28. The first-order valence-corrected chi connectivity index (χ1v) is 5.94. The summed E-state index contributed by atoms with van der Waals surface area (Å²) in [5.41, 5.74) is -1.57. The first-order valence-electron chi connectivity index (χ1n) is 5.57. The molecule has 1 rings (SSSR count). The lowest BCUT2D eigenvalue weighted by atomic mass is 9.99. The number of hydrogen-bond acceptors (Lipinski definition) is 5. The van der Waals surface area contributed by atoms with Gasteiger partial charge in [0.15, 0.2) is 0 Å². The van der Waals surface area contributed by atoms with Gasteiger partial charge in [-0.05, 0) is 19.4 Å². The fourth-order valence-electron chi connectivity index (χ4n) is 1.37. The molecule has 8 heteroatoms. The van der Waals surface area contributed by atoms with Gasteiger partial charge in [0.25, 0.3) is 5.91 Å². The van der Waals surface area contributed by atoms with E-state index in [1.165, 1.54) is 12.3 Å². The van der Waals surface area contributed by atoms with E-state index >= 15 is 0 Å². The van der Waals surface area contributed by atoms with E-state index in [1.54, 1.807) is 13.8 Å². The van der Waals surface area contributed by atoms with Crippen LogP contribution in [0.2, 0.25) is 5.15 Å². The van der Waals surface area contributed by atoms with Crippen molar-refractivity contribution in [1.82, 2.24) is 10.3 Å². The number of aromatic nitrogens is 1. The van der Waals surface area contributed by atoms with E-state index in [9.17, 15) is 20.0 Å². The van der Waals surface area contributed by atoms with Crippen LogP contribution in [0.3, 0.4) is 0 Å². The average molecular weight is 288 g/mol. The Hall–Kier alpha value is -1.73. The van der Waals surface area contributed by atoms with Gasteiger partial charge in [-0.2, -0.15) is 0 Å². The number of nitrogens with zero attached hydrogens (tertiary/aromatic N) is 2. The van der Waals surface area contributed by atoms with Gasteiger partial charge in [0, 0.05) is 6.20 Å². The monoisotopic (exact) mass is 287 g/mol. The molecule has 0 fully saturated rings. The smallest absolute Gasteiger partial charge is 0.319 e. The molecule has 104 valence electrons. The number of pyridine rings is 1. The molecule has 7 nitrogen and oxygen atoms in total. The van der Waals surface area contributed by atoms with Gasteiger partial charge in [0.2, 0.25) is 5.15 Å². The highest BCUT2D eigenvalue weighted by Crippen LogP contribution is 2.26. The van der Waals surface area contributed by atoms with Crippen molar-refractivity contribution >= 4 is 23.2 Å². The zero-order valence-electron chi connectivity index (χ0n) is 10.5. The molecule has 0 aliphatic rings. The fourth-order valence-corrected chi connectivity index (χ4v) is 1.59. The van der Waals surface area contributed by atoms with Crippen LogP contribution in [0.15, 0.2) is 12.3 Å². The molecule has 0 saturated carbocycles. The summed E-state index contributed by atoms with van der Waals surface area (Å²) in [6, 6.07) is 1.22. The number of nitrogens with one attached hydrogen (secondary N) is 1. The van der Waals surface area contributed by atoms with Crippen molar-refractivity contribution in [2.75, 3.05) is 6.61 Å². The summed E-state index contributed by atoms with van der Waals surface area (Å²) in [5, 5.41) is 22.3. The topological polar surface area (TPSA) is 105 Å². The van der Waals surface area contributed by atoms with Gasteiger partial charge < -0.3 is 10.4 Å². The van der Waals surface area contributed by atoms with E-state index in [4.69, 9.17) is 11.6 Å². The average Bonchev–Trinajstić information content (AvgIpc) is 2.37. The SMILES string of the molecule is CCC(C)(CO)NC(=O)c1ccnc(Cl)c1[N+](=O)[O-]. The molecule has 1 aromatic heterocycles. The summed E-state index contributed by atoms with van der Waals surface area (Å²) < 4.78 is 0.